The van der Waals surface area contributed by atoms with Gasteiger partial charge in [0, 0.05) is 0 Å². The van der Waals surface area contributed by atoms with Gasteiger partial charge in [-0.1, -0.05) is 0 Å². The van der Waals surface area contributed by atoms with Crippen LogP contribution in [-0.4, -0.2) is 51.0 Å². The number of carboxylic acids is 4. The Morgan fingerprint density at radius 2 is 0.968 bits per heavy atom. The molecule has 0 heterocycles. The maximum atomic E-state index is 11.2. The van der Waals surface area contributed by atoms with Crippen LogP contribution in [0, 0.1) is 11.8 Å². The molecule has 0 radical (unpaired) electrons. The number of hydrogen-bond donors (Lipinski definition) is 0. The van der Waals surface area contributed by atoms with Gasteiger partial charge in [0.25, 0.3) is 0 Å². The van der Waals surface area contributed by atoms with E-state index in [2.05, 4.69) is 9.88 Å². The molecular formula is C20H32O8S2Sn-4. The molecule has 0 bridgehead atoms. The van der Waals surface area contributed by atoms with Gasteiger partial charge in [-0.15, -0.1) is 0 Å². The summed E-state index contributed by atoms with van der Waals surface area (Å²) in [5.74, 6) is -4.22. The second-order valence-corrected chi connectivity index (χ2v) is 37.7. The van der Waals surface area contributed by atoms with Crippen LogP contribution in [0.4, 0.5) is 0 Å². The molecule has 0 saturated heterocycles. The van der Waals surface area contributed by atoms with Crippen LogP contribution >= 0.6 is 17.9 Å². The monoisotopic (exact) mass is 584 g/mol. The van der Waals surface area contributed by atoms with E-state index >= 15 is 0 Å². The zero-order valence-electron chi connectivity index (χ0n) is 18.2. The molecule has 0 amide bonds. The predicted molar refractivity (Wildman–Crippen MR) is 116 cm³/mol. The molecule has 2 unspecified atom stereocenters. The van der Waals surface area contributed by atoms with Gasteiger partial charge in [-0.2, -0.15) is 0 Å². The average Bonchev–Trinajstić information content (AvgIpc) is 2.64. The van der Waals surface area contributed by atoms with Crippen LogP contribution in [0.5, 0.6) is 0 Å². The zero-order valence-corrected chi connectivity index (χ0v) is 22.7. The Morgan fingerprint density at radius 3 is 1.26 bits per heavy atom. The van der Waals surface area contributed by atoms with Crippen molar-refractivity contribution < 1.29 is 39.6 Å². The Labute approximate surface area is 193 Å². The molecule has 2 atom stereocenters. The van der Waals surface area contributed by atoms with E-state index in [0.29, 0.717) is 12.8 Å². The Kier molecular flexibility index (Phi) is 16.6. The van der Waals surface area contributed by atoms with Crippen molar-refractivity contribution in [3.8, 4) is 0 Å². The number of carboxylic acid groups (broad SMARTS) is 4. The SMILES string of the molecule is [CH3][Sn]([CH3])([S]CCCC(CCCC(=O)[O-])C(=O)[O-])[S]CCCC(CCCC(=O)[O-])C(=O)[O-]. The Hall–Kier alpha value is -0.621. The van der Waals surface area contributed by atoms with Crippen molar-refractivity contribution in [1.82, 2.24) is 0 Å². The Bertz CT molecular complexity index is 538. The van der Waals surface area contributed by atoms with E-state index in [4.69, 9.17) is 0 Å². The van der Waals surface area contributed by atoms with Gasteiger partial charge in [-0.05, 0) is 0 Å². The van der Waals surface area contributed by atoms with Gasteiger partial charge in [-0.25, -0.2) is 0 Å². The second kappa shape index (κ2) is 16.9. The number of aliphatic carboxylic acids is 4. The molecule has 180 valence electrons. The predicted octanol–water partition coefficient (Wildman–Crippen LogP) is -0.712. The van der Waals surface area contributed by atoms with E-state index in [-0.39, 0.29) is 38.5 Å². The van der Waals surface area contributed by atoms with Crippen molar-refractivity contribution >= 4 is 57.4 Å². The Balaban J connectivity index is 4.12. The van der Waals surface area contributed by atoms with Gasteiger partial charge in [0.1, 0.15) is 0 Å². The molecule has 0 rings (SSSR count). The minimum absolute atomic E-state index is 0.145. The van der Waals surface area contributed by atoms with Crippen LogP contribution in [0.25, 0.3) is 0 Å². The fourth-order valence-electron chi connectivity index (χ4n) is 3.08. The number of carbonyl (C=O) groups is 4. The normalized spacial score (nSPS) is 13.5. The van der Waals surface area contributed by atoms with Gasteiger partial charge in [0.2, 0.25) is 0 Å². The molecule has 11 heteroatoms. The third-order valence-electron chi connectivity index (χ3n) is 4.83. The molecule has 0 N–H and O–H groups in total. The summed E-state index contributed by atoms with van der Waals surface area (Å²) in [6.45, 7) is 0. The van der Waals surface area contributed by atoms with Crippen LogP contribution in [0.15, 0.2) is 0 Å². The molecule has 0 saturated carbocycles. The molecule has 0 aliphatic rings. The van der Waals surface area contributed by atoms with Gasteiger partial charge < -0.3 is 0 Å². The molecule has 8 nitrogen and oxygen atoms in total. The van der Waals surface area contributed by atoms with Crippen molar-refractivity contribution in [2.45, 2.75) is 74.1 Å². The second-order valence-electron chi connectivity index (χ2n) is 7.94. The molecule has 0 aromatic heterocycles. The van der Waals surface area contributed by atoms with E-state index in [9.17, 15) is 39.6 Å². The van der Waals surface area contributed by atoms with Crippen LogP contribution < -0.4 is 20.4 Å². The van der Waals surface area contributed by atoms with Crippen LogP contribution in [0.3, 0.4) is 0 Å². The van der Waals surface area contributed by atoms with Crippen molar-refractivity contribution in [1.29, 1.82) is 0 Å². The summed E-state index contributed by atoms with van der Waals surface area (Å²) in [6, 6.07) is 0. The van der Waals surface area contributed by atoms with Gasteiger partial charge in [0.05, 0.1) is 0 Å². The third kappa shape index (κ3) is 17.6. The van der Waals surface area contributed by atoms with Crippen LogP contribution in [0.1, 0.15) is 64.2 Å². The summed E-state index contributed by atoms with van der Waals surface area (Å²) in [5, 5.41) is 43.3. The summed E-state index contributed by atoms with van der Waals surface area (Å²) in [7, 11) is 3.80. The molecule has 0 spiro atoms. The summed E-state index contributed by atoms with van der Waals surface area (Å²) in [4.78, 5) is 47.8. The zero-order chi connectivity index (χ0) is 23.9. The van der Waals surface area contributed by atoms with Crippen molar-refractivity contribution in [2.75, 3.05) is 11.5 Å². The first kappa shape index (κ1) is 30.4. The van der Waals surface area contributed by atoms with Crippen molar-refractivity contribution in [2.24, 2.45) is 11.8 Å². The molecule has 0 aliphatic heterocycles. The first-order valence-electron chi connectivity index (χ1n) is 10.5. The number of hydrogen-bond acceptors (Lipinski definition) is 10. The summed E-state index contributed by atoms with van der Waals surface area (Å²) < 4.78 is 0. The van der Waals surface area contributed by atoms with E-state index < -0.39 is 51.3 Å². The van der Waals surface area contributed by atoms with E-state index in [1.807, 2.05) is 17.9 Å². The quantitative estimate of drug-likeness (QED) is 0.132. The maximum absolute atomic E-state index is 11.2. The third-order valence-corrected chi connectivity index (χ3v) is 27.3. The fourth-order valence-corrected chi connectivity index (χ4v) is 21.4. The molecule has 31 heavy (non-hydrogen) atoms. The van der Waals surface area contributed by atoms with E-state index in [0.717, 1.165) is 24.3 Å². The standard InChI is InChI=1S/2C9H16O4S.2CH3.Sn/c2*10-8(11)5-1-3-7(9(12)13)4-2-6-14;;;/h2*7,14H,1-6H2,(H,10,11)(H,12,13);2*1H3;/q;;;;+2/p-6. The first-order valence-corrected chi connectivity index (χ1v) is 25.2. The summed E-state index contributed by atoms with van der Waals surface area (Å²) in [6.07, 6.45) is 3.20. The van der Waals surface area contributed by atoms with Gasteiger partial charge in [-0.3, -0.25) is 0 Å². The number of rotatable bonds is 20. The number of carbonyl (C=O) groups excluding carboxylic acids is 4. The molecule has 0 fully saturated rings. The molecule has 0 aromatic carbocycles. The van der Waals surface area contributed by atoms with Crippen LogP contribution in [-0.2, 0) is 19.2 Å². The first-order chi connectivity index (χ1) is 14.4. The van der Waals surface area contributed by atoms with E-state index in [1.165, 1.54) is 0 Å². The van der Waals surface area contributed by atoms with Gasteiger partial charge in [0.15, 0.2) is 0 Å². The van der Waals surface area contributed by atoms with Crippen molar-refractivity contribution in [3.63, 3.8) is 0 Å². The average molecular weight is 583 g/mol. The Morgan fingerprint density at radius 1 is 0.645 bits per heavy atom. The van der Waals surface area contributed by atoms with Gasteiger partial charge >= 0.3 is 194 Å². The minimum atomic E-state index is -2.43. The molecular weight excluding hydrogens is 551 g/mol. The van der Waals surface area contributed by atoms with Crippen LogP contribution in [0.2, 0.25) is 9.88 Å². The fraction of sp³-hybridized carbons (Fsp3) is 0.800. The topological polar surface area (TPSA) is 161 Å². The summed E-state index contributed by atoms with van der Waals surface area (Å²) >= 11 is -2.43. The molecule has 0 aliphatic carbocycles. The summed E-state index contributed by atoms with van der Waals surface area (Å²) in [5.41, 5.74) is 0. The molecule has 0 aromatic rings. The van der Waals surface area contributed by atoms with E-state index in [1.54, 1.807) is 0 Å². The van der Waals surface area contributed by atoms with Crippen molar-refractivity contribution in [3.05, 3.63) is 0 Å².